The summed E-state index contributed by atoms with van der Waals surface area (Å²) in [5.74, 6) is -0.828. The van der Waals surface area contributed by atoms with Gasteiger partial charge in [0.15, 0.2) is 5.82 Å². The van der Waals surface area contributed by atoms with E-state index in [2.05, 4.69) is 15.3 Å². The van der Waals surface area contributed by atoms with Crippen molar-refractivity contribution in [3.8, 4) is 0 Å². The zero-order valence-corrected chi connectivity index (χ0v) is 9.04. The monoisotopic (exact) mass is 236 g/mol. The van der Waals surface area contributed by atoms with Crippen molar-refractivity contribution < 1.29 is 8.78 Å². The van der Waals surface area contributed by atoms with Crippen LogP contribution in [0.15, 0.2) is 24.7 Å². The van der Waals surface area contributed by atoms with E-state index >= 15 is 0 Å². The summed E-state index contributed by atoms with van der Waals surface area (Å²) >= 11 is 0. The first-order chi connectivity index (χ1) is 8.08. The Balaban J connectivity index is 2.37. The van der Waals surface area contributed by atoms with Crippen molar-refractivity contribution in [3.05, 3.63) is 41.9 Å². The summed E-state index contributed by atoms with van der Waals surface area (Å²) in [6.07, 6.45) is 2.64. The molecule has 6 heteroatoms. The van der Waals surface area contributed by atoms with E-state index < -0.39 is 11.6 Å². The molecule has 0 radical (unpaired) electrons. The normalized spacial score (nSPS) is 10.3. The maximum Gasteiger partial charge on any atom is 0.157 e. The average molecular weight is 236 g/mol. The molecule has 0 saturated heterocycles. The van der Waals surface area contributed by atoms with Gasteiger partial charge in [0, 0.05) is 6.07 Å². The molecule has 0 aliphatic heterocycles. The Bertz CT molecular complexity index is 557. The topological polar surface area (TPSA) is 63.8 Å². The van der Waals surface area contributed by atoms with Gasteiger partial charge < -0.3 is 11.1 Å². The van der Waals surface area contributed by atoms with E-state index in [9.17, 15) is 8.78 Å². The van der Waals surface area contributed by atoms with Gasteiger partial charge in [0.2, 0.25) is 0 Å². The zero-order valence-electron chi connectivity index (χ0n) is 9.04. The van der Waals surface area contributed by atoms with Crippen molar-refractivity contribution >= 4 is 17.2 Å². The number of hydrogen-bond acceptors (Lipinski definition) is 4. The first-order valence-corrected chi connectivity index (χ1v) is 4.86. The maximum atomic E-state index is 13.5. The summed E-state index contributed by atoms with van der Waals surface area (Å²) in [7, 11) is 0. The van der Waals surface area contributed by atoms with Crippen LogP contribution in [-0.2, 0) is 0 Å². The largest absolute Gasteiger partial charge is 0.394 e. The van der Waals surface area contributed by atoms with Gasteiger partial charge in [0.1, 0.15) is 18.0 Å². The van der Waals surface area contributed by atoms with Crippen LogP contribution in [0.5, 0.6) is 0 Å². The van der Waals surface area contributed by atoms with Crippen molar-refractivity contribution in [3.63, 3.8) is 0 Å². The molecule has 0 aliphatic carbocycles. The van der Waals surface area contributed by atoms with Crippen molar-refractivity contribution in [1.82, 2.24) is 9.97 Å². The van der Waals surface area contributed by atoms with Crippen molar-refractivity contribution in [2.24, 2.45) is 0 Å². The molecule has 1 heterocycles. The fraction of sp³-hybridized carbons (Fsp3) is 0.0909. The van der Waals surface area contributed by atoms with Gasteiger partial charge in [-0.05, 0) is 18.6 Å². The van der Waals surface area contributed by atoms with Gasteiger partial charge in [-0.15, -0.1) is 0 Å². The molecule has 4 nitrogen and oxygen atoms in total. The number of halogens is 2. The number of nitrogen functional groups attached to an aromatic ring is 1. The second kappa shape index (κ2) is 4.32. The van der Waals surface area contributed by atoms with E-state index in [4.69, 9.17) is 5.73 Å². The molecule has 0 spiro atoms. The van der Waals surface area contributed by atoms with Crippen LogP contribution in [0.4, 0.5) is 26.0 Å². The summed E-state index contributed by atoms with van der Waals surface area (Å²) in [5, 5.41) is 2.62. The van der Waals surface area contributed by atoms with Crippen LogP contribution in [0.25, 0.3) is 0 Å². The lowest BCUT2D eigenvalue weighted by Crippen LogP contribution is -2.02. The van der Waals surface area contributed by atoms with Crippen LogP contribution in [0.2, 0.25) is 0 Å². The molecule has 17 heavy (non-hydrogen) atoms. The molecule has 3 N–H and O–H groups in total. The van der Waals surface area contributed by atoms with Gasteiger partial charge in [-0.25, -0.2) is 18.7 Å². The summed E-state index contributed by atoms with van der Waals surface area (Å²) in [6, 6.07) is 2.17. The number of nitrogens with zero attached hydrogens (tertiary/aromatic N) is 2. The van der Waals surface area contributed by atoms with Gasteiger partial charge in [-0.2, -0.15) is 0 Å². The second-order valence-corrected chi connectivity index (χ2v) is 3.53. The van der Waals surface area contributed by atoms with E-state index in [1.165, 1.54) is 19.4 Å². The molecule has 0 aliphatic rings. The summed E-state index contributed by atoms with van der Waals surface area (Å²) in [4.78, 5) is 7.53. The standard InChI is InChI=1S/C11H10F2N4/c1-6-2-8(13)10(3-7(6)12)17-11-9(14)4-15-5-16-11/h2-5H,14H2,1H3,(H,15,16,17). The predicted molar refractivity (Wildman–Crippen MR) is 60.8 cm³/mol. The minimum atomic E-state index is -0.568. The molecule has 0 bridgehead atoms. The van der Waals surface area contributed by atoms with Gasteiger partial charge in [-0.3, -0.25) is 0 Å². The number of aromatic nitrogens is 2. The summed E-state index contributed by atoms with van der Waals surface area (Å²) in [6.45, 7) is 1.49. The van der Waals surface area contributed by atoms with Crippen molar-refractivity contribution in [2.75, 3.05) is 11.1 Å². The first kappa shape index (κ1) is 11.3. The predicted octanol–water partition coefficient (Wildman–Crippen LogP) is 2.39. The highest BCUT2D eigenvalue weighted by atomic mass is 19.1. The SMILES string of the molecule is Cc1cc(F)c(Nc2ncncc2N)cc1F. The Morgan fingerprint density at radius 3 is 2.71 bits per heavy atom. The highest BCUT2D eigenvalue weighted by Crippen LogP contribution is 2.24. The third-order valence-electron chi connectivity index (χ3n) is 2.24. The number of rotatable bonds is 2. The molecule has 0 amide bonds. The minimum Gasteiger partial charge on any atom is -0.394 e. The van der Waals surface area contributed by atoms with Crippen LogP contribution in [0, 0.1) is 18.6 Å². The lowest BCUT2D eigenvalue weighted by atomic mass is 10.2. The molecule has 1 aromatic carbocycles. The number of aryl methyl sites for hydroxylation is 1. The lowest BCUT2D eigenvalue weighted by Gasteiger charge is -2.09. The van der Waals surface area contributed by atoms with E-state index in [-0.39, 0.29) is 22.8 Å². The number of benzene rings is 1. The third kappa shape index (κ3) is 2.30. The van der Waals surface area contributed by atoms with Gasteiger partial charge in [0.05, 0.1) is 17.6 Å². The van der Waals surface area contributed by atoms with E-state index in [1.807, 2.05) is 0 Å². The van der Waals surface area contributed by atoms with Crippen LogP contribution >= 0.6 is 0 Å². The van der Waals surface area contributed by atoms with Crippen LogP contribution in [0.1, 0.15) is 5.56 Å². The average Bonchev–Trinajstić information content (AvgIpc) is 2.29. The minimum absolute atomic E-state index is 0.0153. The van der Waals surface area contributed by atoms with E-state index in [0.29, 0.717) is 0 Å². The van der Waals surface area contributed by atoms with Gasteiger partial charge in [-0.1, -0.05) is 0 Å². The second-order valence-electron chi connectivity index (χ2n) is 3.53. The Kier molecular flexibility index (Phi) is 2.86. The van der Waals surface area contributed by atoms with Crippen LogP contribution in [-0.4, -0.2) is 9.97 Å². The van der Waals surface area contributed by atoms with Gasteiger partial charge >= 0.3 is 0 Å². The van der Waals surface area contributed by atoms with Crippen LogP contribution in [0.3, 0.4) is 0 Å². The number of nitrogens with one attached hydrogen (secondary N) is 1. The van der Waals surface area contributed by atoms with Crippen molar-refractivity contribution in [2.45, 2.75) is 6.92 Å². The Morgan fingerprint density at radius 2 is 2.00 bits per heavy atom. The highest BCUT2D eigenvalue weighted by molar-refractivity contribution is 5.67. The molecular formula is C11H10F2N4. The van der Waals surface area contributed by atoms with E-state index in [1.54, 1.807) is 0 Å². The van der Waals surface area contributed by atoms with E-state index in [0.717, 1.165) is 12.1 Å². The molecule has 2 aromatic rings. The lowest BCUT2D eigenvalue weighted by molar-refractivity contribution is 0.595. The van der Waals surface area contributed by atoms with Crippen LogP contribution < -0.4 is 11.1 Å². The maximum absolute atomic E-state index is 13.5. The molecule has 0 saturated carbocycles. The Labute approximate surface area is 96.5 Å². The highest BCUT2D eigenvalue weighted by Gasteiger charge is 2.09. The third-order valence-corrected chi connectivity index (χ3v) is 2.24. The molecule has 1 aromatic heterocycles. The fourth-order valence-corrected chi connectivity index (χ4v) is 1.31. The molecule has 0 atom stereocenters. The molecule has 88 valence electrons. The number of anilines is 3. The quantitative estimate of drug-likeness (QED) is 0.840. The Hall–Kier alpha value is -2.24. The molecular weight excluding hydrogens is 226 g/mol. The smallest absolute Gasteiger partial charge is 0.157 e. The number of nitrogens with two attached hydrogens (primary N) is 1. The first-order valence-electron chi connectivity index (χ1n) is 4.86. The molecule has 0 unspecified atom stereocenters. The number of hydrogen-bond donors (Lipinski definition) is 2. The zero-order chi connectivity index (χ0) is 12.4. The van der Waals surface area contributed by atoms with Gasteiger partial charge in [0.25, 0.3) is 0 Å². The van der Waals surface area contributed by atoms with Crippen molar-refractivity contribution in [1.29, 1.82) is 0 Å². The fourth-order valence-electron chi connectivity index (χ4n) is 1.31. The summed E-state index contributed by atoms with van der Waals surface area (Å²) in [5.41, 5.74) is 6.06. The summed E-state index contributed by atoms with van der Waals surface area (Å²) < 4.78 is 26.8. The molecule has 2 rings (SSSR count). The Morgan fingerprint density at radius 1 is 1.24 bits per heavy atom. The molecule has 0 fully saturated rings.